The summed E-state index contributed by atoms with van der Waals surface area (Å²) in [5.74, 6) is 0.251. The Morgan fingerprint density at radius 3 is 2.50 bits per heavy atom. The lowest BCUT2D eigenvalue weighted by molar-refractivity contribution is 0.443. The van der Waals surface area contributed by atoms with E-state index in [-0.39, 0.29) is 11.2 Å². The first-order valence-corrected chi connectivity index (χ1v) is 6.22. The molecule has 1 saturated carbocycles. The van der Waals surface area contributed by atoms with Crippen LogP contribution in [-0.2, 0) is 9.84 Å². The first kappa shape index (κ1) is 9.78. The van der Waals surface area contributed by atoms with Gasteiger partial charge in [-0.3, -0.25) is 0 Å². The minimum Gasteiger partial charge on any atom is -0.229 e. The highest BCUT2D eigenvalue weighted by Gasteiger charge is 2.30. The fourth-order valence-electron chi connectivity index (χ4n) is 1.96. The summed E-state index contributed by atoms with van der Waals surface area (Å²) < 4.78 is 22.5. The Kier molecular flexibility index (Phi) is 2.61. The molecule has 0 saturated heterocycles. The fraction of sp³-hybridized carbons (Fsp3) is 0.778. The Balaban J connectivity index is 2.76. The minimum atomic E-state index is -2.84. The molecule has 1 aliphatic carbocycles. The first-order chi connectivity index (χ1) is 5.41. The van der Waals surface area contributed by atoms with Crippen molar-refractivity contribution in [2.45, 2.75) is 31.4 Å². The lowest BCUT2D eigenvalue weighted by Gasteiger charge is -2.28. The molecule has 0 spiro atoms. The predicted octanol–water partition coefficient (Wildman–Crippen LogP) is 1.78. The van der Waals surface area contributed by atoms with Crippen LogP contribution in [0, 0.1) is 5.92 Å². The highest BCUT2D eigenvalue weighted by atomic mass is 32.2. The van der Waals surface area contributed by atoms with Gasteiger partial charge in [-0.1, -0.05) is 19.1 Å². The SMILES string of the molecule is C=C1CCC(S(C)(=O)=O)C(C)C1. The molecule has 1 rings (SSSR count). The number of hydrogen-bond acceptors (Lipinski definition) is 2. The van der Waals surface area contributed by atoms with Crippen LogP contribution in [0.1, 0.15) is 26.2 Å². The molecule has 3 heteroatoms. The maximum atomic E-state index is 11.3. The van der Waals surface area contributed by atoms with Gasteiger partial charge < -0.3 is 0 Å². The van der Waals surface area contributed by atoms with Crippen LogP contribution in [0.4, 0.5) is 0 Å². The standard InChI is InChI=1S/C9H16O2S/c1-7-4-5-9(8(2)6-7)12(3,10)11/h8-9H,1,4-6H2,2-3H3. The van der Waals surface area contributed by atoms with Gasteiger partial charge >= 0.3 is 0 Å². The fourth-order valence-corrected chi connectivity index (χ4v) is 3.44. The Labute approximate surface area is 74.6 Å². The summed E-state index contributed by atoms with van der Waals surface area (Å²) in [6.07, 6.45) is 3.85. The summed E-state index contributed by atoms with van der Waals surface area (Å²) in [7, 11) is -2.84. The van der Waals surface area contributed by atoms with E-state index in [0.29, 0.717) is 0 Å². The molecule has 2 nitrogen and oxygen atoms in total. The van der Waals surface area contributed by atoms with E-state index in [1.54, 1.807) is 0 Å². The summed E-state index contributed by atoms with van der Waals surface area (Å²) in [4.78, 5) is 0. The van der Waals surface area contributed by atoms with Crippen molar-refractivity contribution in [1.82, 2.24) is 0 Å². The average Bonchev–Trinajstić information content (AvgIpc) is 1.83. The average molecular weight is 188 g/mol. The quantitative estimate of drug-likeness (QED) is 0.588. The predicted molar refractivity (Wildman–Crippen MR) is 50.8 cm³/mol. The van der Waals surface area contributed by atoms with Crippen LogP contribution in [0.3, 0.4) is 0 Å². The van der Waals surface area contributed by atoms with Gasteiger partial charge in [0.25, 0.3) is 0 Å². The van der Waals surface area contributed by atoms with E-state index in [2.05, 4.69) is 6.58 Å². The second kappa shape index (κ2) is 3.21. The zero-order valence-electron chi connectivity index (χ0n) is 7.71. The van der Waals surface area contributed by atoms with Crippen molar-refractivity contribution < 1.29 is 8.42 Å². The summed E-state index contributed by atoms with van der Waals surface area (Å²) in [6, 6.07) is 0. The molecular weight excluding hydrogens is 172 g/mol. The van der Waals surface area contributed by atoms with Crippen molar-refractivity contribution in [3.8, 4) is 0 Å². The van der Waals surface area contributed by atoms with Gasteiger partial charge in [0.15, 0.2) is 9.84 Å². The summed E-state index contributed by atoms with van der Waals surface area (Å²) in [5.41, 5.74) is 1.20. The van der Waals surface area contributed by atoms with E-state index in [4.69, 9.17) is 0 Å². The first-order valence-electron chi connectivity index (χ1n) is 4.27. The lowest BCUT2D eigenvalue weighted by atomic mass is 9.87. The molecule has 12 heavy (non-hydrogen) atoms. The molecule has 0 amide bonds. The van der Waals surface area contributed by atoms with Crippen LogP contribution in [0.2, 0.25) is 0 Å². The van der Waals surface area contributed by atoms with Gasteiger partial charge in [0.1, 0.15) is 0 Å². The van der Waals surface area contributed by atoms with Crippen molar-refractivity contribution >= 4 is 9.84 Å². The molecule has 0 aromatic heterocycles. The van der Waals surface area contributed by atoms with E-state index in [9.17, 15) is 8.42 Å². The van der Waals surface area contributed by atoms with Crippen molar-refractivity contribution in [2.75, 3.05) is 6.26 Å². The van der Waals surface area contributed by atoms with Gasteiger partial charge in [-0.15, -0.1) is 0 Å². The molecule has 2 unspecified atom stereocenters. The van der Waals surface area contributed by atoms with Crippen LogP contribution < -0.4 is 0 Å². The van der Waals surface area contributed by atoms with Crippen molar-refractivity contribution in [3.05, 3.63) is 12.2 Å². The molecule has 0 N–H and O–H groups in total. The van der Waals surface area contributed by atoms with Crippen LogP contribution in [-0.4, -0.2) is 19.9 Å². The van der Waals surface area contributed by atoms with E-state index >= 15 is 0 Å². The van der Waals surface area contributed by atoms with E-state index in [1.165, 1.54) is 11.8 Å². The van der Waals surface area contributed by atoms with Crippen LogP contribution in [0.5, 0.6) is 0 Å². The molecule has 70 valence electrons. The number of sulfone groups is 1. The van der Waals surface area contributed by atoms with Gasteiger partial charge in [-0.05, 0) is 25.2 Å². The third-order valence-corrected chi connectivity index (χ3v) is 4.38. The van der Waals surface area contributed by atoms with Gasteiger partial charge in [-0.25, -0.2) is 8.42 Å². The van der Waals surface area contributed by atoms with Gasteiger partial charge in [0.05, 0.1) is 5.25 Å². The third-order valence-electron chi connectivity index (χ3n) is 2.58. The number of hydrogen-bond donors (Lipinski definition) is 0. The normalized spacial score (nSPS) is 32.0. The second-order valence-electron chi connectivity index (χ2n) is 3.84. The zero-order chi connectivity index (χ0) is 9.35. The smallest absolute Gasteiger partial charge is 0.150 e. The maximum absolute atomic E-state index is 11.3. The van der Waals surface area contributed by atoms with Crippen molar-refractivity contribution in [2.24, 2.45) is 5.92 Å². The molecule has 2 atom stereocenters. The van der Waals surface area contributed by atoms with Crippen molar-refractivity contribution in [1.29, 1.82) is 0 Å². The Morgan fingerprint density at radius 1 is 1.50 bits per heavy atom. The molecule has 0 aromatic carbocycles. The highest BCUT2D eigenvalue weighted by molar-refractivity contribution is 7.91. The summed E-state index contributed by atoms with van der Waals surface area (Å²) in [5, 5.41) is -0.136. The third kappa shape index (κ3) is 2.09. The van der Waals surface area contributed by atoms with Crippen LogP contribution in [0.15, 0.2) is 12.2 Å². The van der Waals surface area contributed by atoms with Gasteiger partial charge in [0, 0.05) is 6.26 Å². The molecule has 0 radical (unpaired) electrons. The lowest BCUT2D eigenvalue weighted by Crippen LogP contribution is -2.30. The highest BCUT2D eigenvalue weighted by Crippen LogP contribution is 2.31. The molecule has 0 aliphatic heterocycles. The topological polar surface area (TPSA) is 34.1 Å². The Morgan fingerprint density at radius 2 is 2.08 bits per heavy atom. The Bertz CT molecular complexity index is 277. The molecule has 1 aliphatic rings. The second-order valence-corrected chi connectivity index (χ2v) is 6.10. The Hall–Kier alpha value is -0.310. The molecule has 0 aromatic rings. The molecule has 1 fully saturated rings. The van der Waals surface area contributed by atoms with E-state index < -0.39 is 9.84 Å². The van der Waals surface area contributed by atoms with Crippen LogP contribution in [0.25, 0.3) is 0 Å². The molecule has 0 heterocycles. The summed E-state index contributed by atoms with van der Waals surface area (Å²) in [6.45, 7) is 5.88. The monoisotopic (exact) mass is 188 g/mol. The van der Waals surface area contributed by atoms with Gasteiger partial charge in [-0.2, -0.15) is 0 Å². The maximum Gasteiger partial charge on any atom is 0.150 e. The van der Waals surface area contributed by atoms with Gasteiger partial charge in [0.2, 0.25) is 0 Å². The van der Waals surface area contributed by atoms with E-state index in [0.717, 1.165) is 19.3 Å². The largest absolute Gasteiger partial charge is 0.229 e. The van der Waals surface area contributed by atoms with Crippen molar-refractivity contribution in [3.63, 3.8) is 0 Å². The summed E-state index contributed by atoms with van der Waals surface area (Å²) >= 11 is 0. The minimum absolute atomic E-state index is 0.136. The number of allylic oxidation sites excluding steroid dienone is 1. The molecule has 0 bridgehead atoms. The zero-order valence-corrected chi connectivity index (χ0v) is 8.52. The van der Waals surface area contributed by atoms with E-state index in [1.807, 2.05) is 6.92 Å². The van der Waals surface area contributed by atoms with Crippen LogP contribution >= 0.6 is 0 Å². The number of rotatable bonds is 1. The molecular formula is C9H16O2S.